The third kappa shape index (κ3) is 2.71. The molecule has 94 valence electrons. The molecule has 0 aliphatic heterocycles. The van der Waals surface area contributed by atoms with Crippen LogP contribution in [0.5, 0.6) is 0 Å². The van der Waals surface area contributed by atoms with Gasteiger partial charge in [-0.25, -0.2) is 4.79 Å². The van der Waals surface area contributed by atoms with Gasteiger partial charge in [0.1, 0.15) is 6.61 Å². The number of benzene rings is 1. The molecular weight excluding hydrogens is 246 g/mol. The fourth-order valence-corrected chi connectivity index (χ4v) is 2.31. The van der Waals surface area contributed by atoms with E-state index in [2.05, 4.69) is 0 Å². The first kappa shape index (κ1) is 12.6. The lowest BCUT2D eigenvalue weighted by Gasteiger charge is -2.09. The third-order valence-corrected chi connectivity index (χ3v) is 3.61. The molecular formula is C14H15NO2S. The summed E-state index contributed by atoms with van der Waals surface area (Å²) < 4.78 is 5.26. The van der Waals surface area contributed by atoms with Crippen LogP contribution in [0.15, 0.2) is 29.6 Å². The molecule has 0 amide bonds. The van der Waals surface area contributed by atoms with Gasteiger partial charge in [-0.05, 0) is 42.5 Å². The molecule has 1 aromatic carbocycles. The van der Waals surface area contributed by atoms with Crippen molar-refractivity contribution in [3.63, 3.8) is 0 Å². The van der Waals surface area contributed by atoms with E-state index in [9.17, 15) is 4.79 Å². The summed E-state index contributed by atoms with van der Waals surface area (Å²) in [5, 5.41) is 1.96. The molecule has 0 unspecified atom stereocenters. The molecule has 0 fully saturated rings. The molecule has 2 rings (SSSR count). The van der Waals surface area contributed by atoms with Crippen LogP contribution < -0.4 is 5.73 Å². The van der Waals surface area contributed by atoms with Crippen molar-refractivity contribution < 1.29 is 9.53 Å². The maximum absolute atomic E-state index is 12.0. The Morgan fingerprint density at radius 2 is 2.11 bits per heavy atom. The number of nitrogen functional groups attached to an aromatic ring is 1. The van der Waals surface area contributed by atoms with Crippen molar-refractivity contribution in [2.75, 3.05) is 5.73 Å². The number of anilines is 1. The second-order valence-electron chi connectivity index (χ2n) is 4.18. The average Bonchev–Trinajstić information content (AvgIpc) is 2.84. The van der Waals surface area contributed by atoms with Gasteiger partial charge in [-0.3, -0.25) is 0 Å². The number of aryl methyl sites for hydroxylation is 2. The Bertz CT molecular complexity index is 561. The number of carbonyl (C=O) groups is 1. The lowest BCUT2D eigenvalue weighted by atomic mass is 10.0. The summed E-state index contributed by atoms with van der Waals surface area (Å²) in [7, 11) is 0. The number of thiophene rings is 1. The van der Waals surface area contributed by atoms with E-state index >= 15 is 0 Å². The normalized spacial score (nSPS) is 10.3. The molecule has 0 spiro atoms. The molecule has 2 aromatic rings. The van der Waals surface area contributed by atoms with Gasteiger partial charge in [-0.2, -0.15) is 0 Å². The second kappa shape index (κ2) is 5.23. The first-order valence-electron chi connectivity index (χ1n) is 5.64. The van der Waals surface area contributed by atoms with Gasteiger partial charge in [0.05, 0.1) is 5.56 Å². The number of rotatable bonds is 3. The molecule has 0 saturated carbocycles. The van der Waals surface area contributed by atoms with E-state index < -0.39 is 0 Å². The van der Waals surface area contributed by atoms with E-state index in [-0.39, 0.29) is 5.97 Å². The van der Waals surface area contributed by atoms with Gasteiger partial charge < -0.3 is 10.5 Å². The van der Waals surface area contributed by atoms with Crippen LogP contribution in [0, 0.1) is 13.8 Å². The summed E-state index contributed by atoms with van der Waals surface area (Å²) >= 11 is 1.57. The van der Waals surface area contributed by atoms with Crippen LogP contribution in [0.3, 0.4) is 0 Å². The van der Waals surface area contributed by atoms with Crippen LogP contribution >= 0.6 is 11.3 Å². The SMILES string of the molecule is Cc1cc(C)c(C(=O)OCc2cccs2)cc1N. The summed E-state index contributed by atoms with van der Waals surface area (Å²) in [4.78, 5) is 13.0. The summed E-state index contributed by atoms with van der Waals surface area (Å²) in [6, 6.07) is 7.45. The van der Waals surface area contributed by atoms with Gasteiger partial charge in [0.25, 0.3) is 0 Å². The summed E-state index contributed by atoms with van der Waals surface area (Å²) in [6.07, 6.45) is 0. The van der Waals surface area contributed by atoms with Crippen molar-refractivity contribution in [1.29, 1.82) is 0 Å². The van der Waals surface area contributed by atoms with Gasteiger partial charge in [0.15, 0.2) is 0 Å². The summed E-state index contributed by atoms with van der Waals surface area (Å²) in [5.41, 5.74) is 8.82. The van der Waals surface area contributed by atoms with Crippen molar-refractivity contribution in [1.82, 2.24) is 0 Å². The van der Waals surface area contributed by atoms with Crippen LogP contribution in [0.2, 0.25) is 0 Å². The van der Waals surface area contributed by atoms with Crippen LogP contribution in [0.25, 0.3) is 0 Å². The smallest absolute Gasteiger partial charge is 0.338 e. The molecule has 0 bridgehead atoms. The number of nitrogens with two attached hydrogens (primary N) is 1. The molecule has 3 nitrogen and oxygen atoms in total. The molecule has 0 saturated heterocycles. The van der Waals surface area contributed by atoms with Crippen molar-refractivity contribution in [2.24, 2.45) is 0 Å². The molecule has 0 atom stereocenters. The number of carbonyl (C=O) groups excluding carboxylic acids is 1. The third-order valence-electron chi connectivity index (χ3n) is 2.76. The highest BCUT2D eigenvalue weighted by Crippen LogP contribution is 2.19. The Balaban J connectivity index is 2.11. The van der Waals surface area contributed by atoms with Crippen molar-refractivity contribution in [3.05, 3.63) is 51.2 Å². The molecule has 1 aromatic heterocycles. The summed E-state index contributed by atoms with van der Waals surface area (Å²) in [5.74, 6) is -0.326. The van der Waals surface area contributed by atoms with E-state index in [0.29, 0.717) is 17.9 Å². The Kier molecular flexibility index (Phi) is 3.67. The monoisotopic (exact) mass is 261 g/mol. The molecule has 2 N–H and O–H groups in total. The maximum atomic E-state index is 12.0. The number of esters is 1. The Labute approximate surface area is 110 Å². The molecule has 4 heteroatoms. The van der Waals surface area contributed by atoms with Crippen molar-refractivity contribution in [2.45, 2.75) is 20.5 Å². The minimum Gasteiger partial charge on any atom is -0.456 e. The molecule has 0 aliphatic rings. The lowest BCUT2D eigenvalue weighted by molar-refractivity contribution is 0.0476. The topological polar surface area (TPSA) is 52.3 Å². The minimum absolute atomic E-state index is 0.309. The van der Waals surface area contributed by atoms with E-state index in [1.165, 1.54) is 0 Å². The Hall–Kier alpha value is -1.81. The quantitative estimate of drug-likeness (QED) is 0.681. The molecule has 1 heterocycles. The van der Waals surface area contributed by atoms with Crippen LogP contribution in [0.1, 0.15) is 26.4 Å². The van der Waals surface area contributed by atoms with E-state index in [0.717, 1.165) is 16.0 Å². The van der Waals surface area contributed by atoms with Gasteiger partial charge >= 0.3 is 5.97 Å². The number of hydrogen-bond donors (Lipinski definition) is 1. The van der Waals surface area contributed by atoms with E-state index in [4.69, 9.17) is 10.5 Å². The maximum Gasteiger partial charge on any atom is 0.338 e. The average molecular weight is 261 g/mol. The molecule has 18 heavy (non-hydrogen) atoms. The predicted molar refractivity (Wildman–Crippen MR) is 73.8 cm³/mol. The fraction of sp³-hybridized carbons (Fsp3) is 0.214. The van der Waals surface area contributed by atoms with Gasteiger partial charge in [0.2, 0.25) is 0 Å². The first-order chi connectivity index (χ1) is 8.58. The number of ether oxygens (including phenoxy) is 1. The first-order valence-corrected chi connectivity index (χ1v) is 6.52. The second-order valence-corrected chi connectivity index (χ2v) is 5.21. The highest BCUT2D eigenvalue weighted by atomic mass is 32.1. The van der Waals surface area contributed by atoms with E-state index in [1.54, 1.807) is 17.4 Å². The van der Waals surface area contributed by atoms with Crippen LogP contribution in [-0.4, -0.2) is 5.97 Å². The van der Waals surface area contributed by atoms with Crippen LogP contribution in [0.4, 0.5) is 5.69 Å². The van der Waals surface area contributed by atoms with Gasteiger partial charge in [0, 0.05) is 10.6 Å². The zero-order valence-corrected chi connectivity index (χ0v) is 11.2. The van der Waals surface area contributed by atoms with E-state index in [1.807, 2.05) is 37.4 Å². The lowest BCUT2D eigenvalue weighted by Crippen LogP contribution is -2.08. The van der Waals surface area contributed by atoms with Crippen molar-refractivity contribution >= 4 is 23.0 Å². The zero-order valence-electron chi connectivity index (χ0n) is 10.4. The highest BCUT2D eigenvalue weighted by molar-refractivity contribution is 7.09. The van der Waals surface area contributed by atoms with Crippen LogP contribution in [-0.2, 0) is 11.3 Å². The predicted octanol–water partition coefficient (Wildman–Crippen LogP) is 3.30. The summed E-state index contributed by atoms with van der Waals surface area (Å²) in [6.45, 7) is 4.11. The highest BCUT2D eigenvalue weighted by Gasteiger charge is 2.12. The molecule has 0 radical (unpaired) electrons. The standard InChI is InChI=1S/C14H15NO2S/c1-9-6-10(2)13(15)7-12(9)14(16)17-8-11-4-3-5-18-11/h3-7H,8,15H2,1-2H3. The fourth-order valence-electron chi connectivity index (χ4n) is 1.70. The Morgan fingerprint density at radius 1 is 1.33 bits per heavy atom. The van der Waals surface area contributed by atoms with Gasteiger partial charge in [-0.1, -0.05) is 12.1 Å². The zero-order chi connectivity index (χ0) is 13.1. The Morgan fingerprint density at radius 3 is 2.78 bits per heavy atom. The largest absolute Gasteiger partial charge is 0.456 e. The minimum atomic E-state index is -0.326. The number of hydrogen-bond acceptors (Lipinski definition) is 4. The van der Waals surface area contributed by atoms with Gasteiger partial charge in [-0.15, -0.1) is 11.3 Å². The molecule has 0 aliphatic carbocycles. The van der Waals surface area contributed by atoms with Crippen molar-refractivity contribution in [3.8, 4) is 0 Å².